The fourth-order valence-corrected chi connectivity index (χ4v) is 1.54. The largest absolute Gasteiger partial charge is 0.487 e. The van der Waals surface area contributed by atoms with Crippen molar-refractivity contribution in [1.29, 1.82) is 0 Å². The van der Waals surface area contributed by atoms with Gasteiger partial charge in [0.2, 0.25) is 0 Å². The minimum absolute atomic E-state index is 0.0133. The molecule has 2 rings (SSSR count). The summed E-state index contributed by atoms with van der Waals surface area (Å²) in [5.41, 5.74) is 2.81. The number of halogens is 3. The predicted molar refractivity (Wildman–Crippen MR) is 67.7 cm³/mol. The molecule has 7 heteroatoms. The molecule has 0 atom stereocenters. The number of hydrazine groups is 1. The van der Waals surface area contributed by atoms with Crippen molar-refractivity contribution < 1.29 is 13.5 Å². The molecule has 1 heterocycles. The van der Waals surface area contributed by atoms with Crippen LogP contribution in [0.4, 0.5) is 14.6 Å². The van der Waals surface area contributed by atoms with Crippen LogP contribution < -0.4 is 16.0 Å². The lowest BCUT2D eigenvalue weighted by atomic mass is 10.3. The van der Waals surface area contributed by atoms with Crippen molar-refractivity contribution in [3.63, 3.8) is 0 Å². The fourth-order valence-electron chi connectivity index (χ4n) is 1.38. The van der Waals surface area contributed by atoms with Crippen molar-refractivity contribution >= 4 is 17.4 Å². The summed E-state index contributed by atoms with van der Waals surface area (Å²) in [6.07, 6.45) is 0. The number of nitrogen functional groups attached to an aromatic ring is 1. The van der Waals surface area contributed by atoms with E-state index < -0.39 is 11.6 Å². The molecule has 0 saturated carbocycles. The Morgan fingerprint density at radius 3 is 2.68 bits per heavy atom. The average Bonchev–Trinajstić information content (AvgIpc) is 2.41. The Morgan fingerprint density at radius 1 is 1.21 bits per heavy atom. The lowest BCUT2D eigenvalue weighted by molar-refractivity contribution is 0.299. The summed E-state index contributed by atoms with van der Waals surface area (Å²) < 4.78 is 31.0. The summed E-state index contributed by atoms with van der Waals surface area (Å²) in [6, 6.07) is 6.46. The molecule has 0 radical (unpaired) electrons. The summed E-state index contributed by atoms with van der Waals surface area (Å²) in [5.74, 6) is 3.92. The topological polar surface area (TPSA) is 60.2 Å². The maximum atomic E-state index is 13.0. The molecule has 0 spiro atoms. The number of nitrogens with zero attached hydrogens (tertiary/aromatic N) is 1. The molecule has 0 aliphatic heterocycles. The highest BCUT2D eigenvalue weighted by Gasteiger charge is 2.07. The van der Waals surface area contributed by atoms with E-state index in [0.717, 1.165) is 12.1 Å². The number of hydrogen-bond donors (Lipinski definition) is 2. The molecule has 3 N–H and O–H groups in total. The van der Waals surface area contributed by atoms with E-state index >= 15 is 0 Å². The second-order valence-electron chi connectivity index (χ2n) is 3.63. The van der Waals surface area contributed by atoms with Gasteiger partial charge >= 0.3 is 0 Å². The highest BCUT2D eigenvalue weighted by Crippen LogP contribution is 2.20. The third-order valence-electron chi connectivity index (χ3n) is 2.33. The lowest BCUT2D eigenvalue weighted by Gasteiger charge is -2.09. The molecule has 2 aromatic rings. The lowest BCUT2D eigenvalue weighted by Crippen LogP contribution is -2.10. The van der Waals surface area contributed by atoms with Gasteiger partial charge in [-0.1, -0.05) is 11.6 Å². The molecule has 0 amide bonds. The van der Waals surface area contributed by atoms with E-state index in [1.807, 2.05) is 0 Å². The van der Waals surface area contributed by atoms with Gasteiger partial charge < -0.3 is 10.2 Å². The first-order chi connectivity index (χ1) is 9.10. The molecule has 0 fully saturated rings. The Morgan fingerprint density at radius 2 is 2.00 bits per heavy atom. The molecule has 4 nitrogen and oxygen atoms in total. The number of nitrogens with one attached hydrogen (secondary N) is 1. The second kappa shape index (κ2) is 5.81. The van der Waals surface area contributed by atoms with Gasteiger partial charge in [-0.2, -0.15) is 0 Å². The van der Waals surface area contributed by atoms with Crippen LogP contribution in [0.15, 0.2) is 30.3 Å². The number of aromatic nitrogens is 1. The van der Waals surface area contributed by atoms with Gasteiger partial charge in [-0.25, -0.2) is 19.6 Å². The summed E-state index contributed by atoms with van der Waals surface area (Å²) in [4.78, 5) is 4.08. The number of rotatable bonds is 4. The summed E-state index contributed by atoms with van der Waals surface area (Å²) >= 11 is 5.93. The smallest absolute Gasteiger partial charge is 0.162 e. The third-order valence-corrected chi connectivity index (χ3v) is 2.68. The van der Waals surface area contributed by atoms with Crippen LogP contribution >= 0.6 is 11.6 Å². The van der Waals surface area contributed by atoms with Crippen molar-refractivity contribution in [2.45, 2.75) is 6.61 Å². The van der Waals surface area contributed by atoms with Crippen LogP contribution in [0.2, 0.25) is 5.02 Å². The molecule has 0 saturated heterocycles. The van der Waals surface area contributed by atoms with Gasteiger partial charge in [-0.15, -0.1) is 0 Å². The molecule has 0 aliphatic carbocycles. The Kier molecular flexibility index (Phi) is 4.13. The summed E-state index contributed by atoms with van der Waals surface area (Å²) in [6.45, 7) is 0.0133. The zero-order chi connectivity index (χ0) is 13.8. The van der Waals surface area contributed by atoms with Crippen LogP contribution in [-0.2, 0) is 6.61 Å². The van der Waals surface area contributed by atoms with Crippen LogP contribution in [0, 0.1) is 11.6 Å². The maximum absolute atomic E-state index is 13.0. The normalized spacial score (nSPS) is 10.3. The summed E-state index contributed by atoms with van der Waals surface area (Å²) in [7, 11) is 0. The van der Waals surface area contributed by atoms with Crippen molar-refractivity contribution in [2.75, 3.05) is 5.43 Å². The number of nitrogens with two attached hydrogens (primary N) is 1. The molecule has 19 heavy (non-hydrogen) atoms. The van der Waals surface area contributed by atoms with Gasteiger partial charge in [0, 0.05) is 6.07 Å². The molecule has 1 aromatic heterocycles. The minimum Gasteiger partial charge on any atom is -0.487 e. The number of benzene rings is 1. The zero-order valence-electron chi connectivity index (χ0n) is 9.66. The minimum atomic E-state index is -0.978. The van der Waals surface area contributed by atoms with E-state index in [9.17, 15) is 8.78 Å². The summed E-state index contributed by atoms with van der Waals surface area (Å²) in [5, 5.41) is 0.390. The molecule has 0 aliphatic rings. The Hall–Kier alpha value is -1.92. The van der Waals surface area contributed by atoms with E-state index in [2.05, 4.69) is 10.4 Å². The van der Waals surface area contributed by atoms with E-state index in [1.165, 1.54) is 6.07 Å². The molecular weight excluding hydrogens is 276 g/mol. The van der Waals surface area contributed by atoms with Crippen LogP contribution in [-0.4, -0.2) is 4.98 Å². The Labute approximate surface area is 113 Å². The molecule has 0 bridgehead atoms. The van der Waals surface area contributed by atoms with Crippen molar-refractivity contribution in [3.8, 4) is 5.75 Å². The van der Waals surface area contributed by atoms with Crippen LogP contribution in [0.1, 0.15) is 5.69 Å². The SMILES string of the molecule is NNc1ccc(Cl)c(COc2ccc(F)c(F)c2)n1. The van der Waals surface area contributed by atoms with Crippen LogP contribution in [0.25, 0.3) is 0 Å². The number of hydrogen-bond acceptors (Lipinski definition) is 4. The van der Waals surface area contributed by atoms with E-state index in [1.54, 1.807) is 12.1 Å². The van der Waals surface area contributed by atoms with Crippen molar-refractivity contribution in [3.05, 3.63) is 52.7 Å². The quantitative estimate of drug-likeness (QED) is 0.670. The first kappa shape index (κ1) is 13.5. The standard InChI is InChI=1S/C12H10ClF2N3O/c13-8-2-4-12(18-16)17-11(8)6-19-7-1-3-9(14)10(15)5-7/h1-5H,6,16H2,(H,17,18). The third kappa shape index (κ3) is 3.30. The van der Waals surface area contributed by atoms with Crippen molar-refractivity contribution in [1.82, 2.24) is 4.98 Å². The molecule has 0 unspecified atom stereocenters. The molecule has 100 valence electrons. The number of pyridine rings is 1. The maximum Gasteiger partial charge on any atom is 0.162 e. The fraction of sp³-hybridized carbons (Fsp3) is 0.0833. The average molecular weight is 286 g/mol. The van der Waals surface area contributed by atoms with Gasteiger partial charge in [0.25, 0.3) is 0 Å². The van der Waals surface area contributed by atoms with Gasteiger partial charge in [0.15, 0.2) is 11.6 Å². The highest BCUT2D eigenvalue weighted by atomic mass is 35.5. The second-order valence-corrected chi connectivity index (χ2v) is 4.04. The predicted octanol–water partition coefficient (Wildman–Crippen LogP) is 2.88. The Balaban J connectivity index is 2.11. The highest BCUT2D eigenvalue weighted by molar-refractivity contribution is 6.31. The monoisotopic (exact) mass is 285 g/mol. The van der Waals surface area contributed by atoms with Gasteiger partial charge in [-0.05, 0) is 24.3 Å². The van der Waals surface area contributed by atoms with Crippen LogP contribution in [0.3, 0.4) is 0 Å². The number of anilines is 1. The van der Waals surface area contributed by atoms with E-state index in [4.69, 9.17) is 22.2 Å². The van der Waals surface area contributed by atoms with Crippen LogP contribution in [0.5, 0.6) is 5.75 Å². The van der Waals surface area contributed by atoms with Crippen molar-refractivity contribution in [2.24, 2.45) is 5.84 Å². The molecular formula is C12H10ClF2N3O. The van der Waals surface area contributed by atoms with E-state index in [-0.39, 0.29) is 12.4 Å². The first-order valence-electron chi connectivity index (χ1n) is 5.30. The molecule has 1 aromatic carbocycles. The van der Waals surface area contributed by atoms with Gasteiger partial charge in [-0.3, -0.25) is 0 Å². The van der Waals surface area contributed by atoms with Gasteiger partial charge in [0.1, 0.15) is 18.2 Å². The first-order valence-corrected chi connectivity index (χ1v) is 5.68. The zero-order valence-corrected chi connectivity index (χ0v) is 10.4. The van der Waals surface area contributed by atoms with Gasteiger partial charge in [0.05, 0.1) is 10.7 Å². The number of ether oxygens (including phenoxy) is 1. The Bertz CT molecular complexity index is 595. The van der Waals surface area contributed by atoms with E-state index in [0.29, 0.717) is 16.5 Å².